The number of nitrogens with zero attached hydrogens (tertiary/aromatic N) is 2. The molecule has 2 rings (SSSR count). The van der Waals surface area contributed by atoms with Gasteiger partial charge in [0.05, 0.1) is 12.2 Å². The zero-order chi connectivity index (χ0) is 20.1. The minimum atomic E-state index is -0.958. The van der Waals surface area contributed by atoms with E-state index in [0.29, 0.717) is 30.6 Å². The van der Waals surface area contributed by atoms with Crippen molar-refractivity contribution in [2.24, 2.45) is 5.92 Å². The zero-order valence-corrected chi connectivity index (χ0v) is 17.1. The fourth-order valence-electron chi connectivity index (χ4n) is 2.94. The van der Waals surface area contributed by atoms with Crippen molar-refractivity contribution >= 4 is 17.5 Å². The van der Waals surface area contributed by atoms with Gasteiger partial charge in [0.2, 0.25) is 0 Å². The Kier molecular flexibility index (Phi) is 6.83. The Hall–Kier alpha value is -2.56. The predicted octanol–water partition coefficient (Wildman–Crippen LogP) is 5.40. The average Bonchev–Trinajstić information content (AvgIpc) is 2.60. The van der Waals surface area contributed by atoms with E-state index in [-0.39, 0.29) is 5.56 Å². The van der Waals surface area contributed by atoms with Crippen LogP contribution in [0.3, 0.4) is 0 Å². The molecule has 1 aromatic carbocycles. The van der Waals surface area contributed by atoms with Crippen LogP contribution in [0.4, 0.5) is 11.5 Å². The molecule has 0 atom stereocenters. The molecule has 0 bridgehead atoms. The van der Waals surface area contributed by atoms with Crippen LogP contribution >= 0.6 is 0 Å². The average molecular weight is 370 g/mol. The number of aromatic nitrogens is 1. The van der Waals surface area contributed by atoms with Crippen molar-refractivity contribution < 1.29 is 14.6 Å². The number of carboxylic acid groups (broad SMARTS) is 1. The lowest BCUT2D eigenvalue weighted by Gasteiger charge is -2.25. The number of hydrogen-bond donors (Lipinski definition) is 1. The molecular weight excluding hydrogens is 340 g/mol. The summed E-state index contributed by atoms with van der Waals surface area (Å²) in [7, 11) is 0. The molecule has 0 saturated heterocycles. The van der Waals surface area contributed by atoms with Crippen molar-refractivity contribution in [1.82, 2.24) is 4.98 Å². The molecule has 1 heterocycles. The standard InChI is InChI=1S/C22H30N2O3/c1-7-24(21-10-16(6)19(12-23-21)22(25)26)17-8-9-18(15(4)5)20(11-17)27-13-14(2)3/h8-12,14-15H,7,13H2,1-6H3,(H,25,26). The van der Waals surface area contributed by atoms with Gasteiger partial charge in [0, 0.05) is 24.5 Å². The number of rotatable bonds is 8. The van der Waals surface area contributed by atoms with Gasteiger partial charge in [0.25, 0.3) is 0 Å². The summed E-state index contributed by atoms with van der Waals surface area (Å²) in [4.78, 5) is 17.7. The Morgan fingerprint density at radius 1 is 1.22 bits per heavy atom. The van der Waals surface area contributed by atoms with Crippen molar-refractivity contribution in [3.8, 4) is 5.75 Å². The smallest absolute Gasteiger partial charge is 0.337 e. The maximum Gasteiger partial charge on any atom is 0.337 e. The molecule has 146 valence electrons. The summed E-state index contributed by atoms with van der Waals surface area (Å²) in [5.41, 5.74) is 3.09. The van der Waals surface area contributed by atoms with Crippen LogP contribution in [0, 0.1) is 12.8 Å². The van der Waals surface area contributed by atoms with Gasteiger partial charge in [-0.15, -0.1) is 0 Å². The second-order valence-corrected chi connectivity index (χ2v) is 7.49. The summed E-state index contributed by atoms with van der Waals surface area (Å²) in [6.07, 6.45) is 1.42. The molecule has 0 unspecified atom stereocenters. The highest BCUT2D eigenvalue weighted by Gasteiger charge is 2.16. The first-order valence-corrected chi connectivity index (χ1v) is 9.48. The number of benzene rings is 1. The number of pyridine rings is 1. The normalized spacial score (nSPS) is 11.1. The predicted molar refractivity (Wildman–Crippen MR) is 109 cm³/mol. The lowest BCUT2D eigenvalue weighted by molar-refractivity contribution is 0.0695. The van der Waals surface area contributed by atoms with Gasteiger partial charge in [0.1, 0.15) is 11.6 Å². The van der Waals surface area contributed by atoms with Crippen molar-refractivity contribution in [2.45, 2.75) is 47.5 Å². The van der Waals surface area contributed by atoms with Gasteiger partial charge in [0.15, 0.2) is 0 Å². The molecule has 5 heteroatoms. The molecule has 5 nitrogen and oxygen atoms in total. The summed E-state index contributed by atoms with van der Waals surface area (Å²) in [6, 6.07) is 8.06. The Labute approximate surface area is 162 Å². The molecular formula is C22H30N2O3. The van der Waals surface area contributed by atoms with Gasteiger partial charge in [-0.3, -0.25) is 0 Å². The number of carbonyl (C=O) groups is 1. The SMILES string of the molecule is CCN(c1ccc(C(C)C)c(OCC(C)C)c1)c1cc(C)c(C(=O)O)cn1. The van der Waals surface area contributed by atoms with E-state index >= 15 is 0 Å². The fraction of sp³-hybridized carbons (Fsp3) is 0.455. The van der Waals surface area contributed by atoms with Crippen LogP contribution in [0.25, 0.3) is 0 Å². The van der Waals surface area contributed by atoms with Gasteiger partial charge < -0.3 is 14.7 Å². The molecule has 0 aliphatic heterocycles. The molecule has 0 fully saturated rings. The van der Waals surface area contributed by atoms with Crippen LogP contribution in [0.1, 0.15) is 62.0 Å². The Bertz CT molecular complexity index is 800. The molecule has 0 saturated carbocycles. The third kappa shape index (κ3) is 5.00. The number of hydrogen-bond acceptors (Lipinski definition) is 4. The first kappa shape index (κ1) is 20.7. The molecule has 0 aliphatic carbocycles. The van der Waals surface area contributed by atoms with Gasteiger partial charge >= 0.3 is 5.97 Å². The molecule has 1 N–H and O–H groups in total. The van der Waals surface area contributed by atoms with Crippen LogP contribution in [0.2, 0.25) is 0 Å². The van der Waals surface area contributed by atoms with Crippen molar-refractivity contribution in [1.29, 1.82) is 0 Å². The van der Waals surface area contributed by atoms with Crippen LogP contribution in [-0.2, 0) is 0 Å². The topological polar surface area (TPSA) is 62.7 Å². The number of carboxylic acids is 1. The number of anilines is 2. The molecule has 0 amide bonds. The van der Waals surface area contributed by atoms with Crippen LogP contribution in [0.5, 0.6) is 5.75 Å². The van der Waals surface area contributed by atoms with Crippen LogP contribution in [-0.4, -0.2) is 29.2 Å². The van der Waals surface area contributed by atoms with E-state index < -0.39 is 5.97 Å². The lowest BCUT2D eigenvalue weighted by Crippen LogP contribution is -2.18. The first-order valence-electron chi connectivity index (χ1n) is 9.48. The maximum atomic E-state index is 11.2. The molecule has 2 aromatic rings. The highest BCUT2D eigenvalue weighted by molar-refractivity contribution is 5.89. The summed E-state index contributed by atoms with van der Waals surface area (Å²) < 4.78 is 6.08. The Morgan fingerprint density at radius 2 is 1.93 bits per heavy atom. The van der Waals surface area contributed by atoms with Gasteiger partial charge in [-0.05, 0) is 48.9 Å². The van der Waals surface area contributed by atoms with E-state index in [1.165, 1.54) is 11.8 Å². The maximum absolute atomic E-state index is 11.2. The van der Waals surface area contributed by atoms with Crippen LogP contribution < -0.4 is 9.64 Å². The van der Waals surface area contributed by atoms with Crippen molar-refractivity contribution in [3.05, 3.63) is 47.2 Å². The van der Waals surface area contributed by atoms with Crippen molar-refractivity contribution in [3.63, 3.8) is 0 Å². The summed E-state index contributed by atoms with van der Waals surface area (Å²) in [5.74, 6) is 1.48. The van der Waals surface area contributed by atoms with E-state index in [4.69, 9.17) is 4.74 Å². The largest absolute Gasteiger partial charge is 0.493 e. The molecule has 27 heavy (non-hydrogen) atoms. The van der Waals surface area contributed by atoms with E-state index in [0.717, 1.165) is 17.3 Å². The van der Waals surface area contributed by atoms with E-state index in [1.54, 1.807) is 6.92 Å². The highest BCUT2D eigenvalue weighted by atomic mass is 16.5. The summed E-state index contributed by atoms with van der Waals surface area (Å²) in [6.45, 7) is 13.8. The number of aromatic carboxylic acids is 1. The second kappa shape index (κ2) is 8.89. The zero-order valence-electron chi connectivity index (χ0n) is 17.1. The third-order valence-corrected chi connectivity index (χ3v) is 4.42. The second-order valence-electron chi connectivity index (χ2n) is 7.49. The molecule has 1 aromatic heterocycles. The fourth-order valence-corrected chi connectivity index (χ4v) is 2.94. The van der Waals surface area contributed by atoms with E-state index in [9.17, 15) is 9.90 Å². The number of ether oxygens (including phenoxy) is 1. The Morgan fingerprint density at radius 3 is 2.44 bits per heavy atom. The highest BCUT2D eigenvalue weighted by Crippen LogP contribution is 2.34. The minimum Gasteiger partial charge on any atom is -0.493 e. The summed E-state index contributed by atoms with van der Waals surface area (Å²) >= 11 is 0. The third-order valence-electron chi connectivity index (χ3n) is 4.42. The monoisotopic (exact) mass is 370 g/mol. The van der Waals surface area contributed by atoms with Gasteiger partial charge in [-0.1, -0.05) is 33.8 Å². The summed E-state index contributed by atoms with van der Waals surface area (Å²) in [5, 5.41) is 9.22. The van der Waals surface area contributed by atoms with E-state index in [2.05, 4.69) is 55.8 Å². The van der Waals surface area contributed by atoms with E-state index in [1.807, 2.05) is 13.0 Å². The molecule has 0 aliphatic rings. The van der Waals surface area contributed by atoms with Gasteiger partial charge in [-0.2, -0.15) is 0 Å². The van der Waals surface area contributed by atoms with Gasteiger partial charge in [-0.25, -0.2) is 9.78 Å². The molecule has 0 spiro atoms. The lowest BCUT2D eigenvalue weighted by atomic mass is 10.0. The molecule has 0 radical (unpaired) electrons. The Balaban J connectivity index is 2.43. The van der Waals surface area contributed by atoms with Crippen LogP contribution in [0.15, 0.2) is 30.5 Å². The first-order chi connectivity index (χ1) is 12.7. The quantitative estimate of drug-likeness (QED) is 0.673. The van der Waals surface area contributed by atoms with Crippen molar-refractivity contribution in [2.75, 3.05) is 18.1 Å². The number of aryl methyl sites for hydroxylation is 1. The minimum absolute atomic E-state index is 0.228.